The Balaban J connectivity index is 1.97. The van der Waals surface area contributed by atoms with Gasteiger partial charge in [-0.15, -0.1) is 0 Å². The van der Waals surface area contributed by atoms with Gasteiger partial charge in [-0.3, -0.25) is 4.68 Å². The monoisotopic (exact) mass is 287 g/mol. The van der Waals surface area contributed by atoms with E-state index >= 15 is 0 Å². The third-order valence-electron chi connectivity index (χ3n) is 4.30. The summed E-state index contributed by atoms with van der Waals surface area (Å²) in [6.45, 7) is 9.61. The Hall–Kier alpha value is -1.35. The third kappa shape index (κ3) is 4.07. The van der Waals surface area contributed by atoms with E-state index in [1.807, 2.05) is 0 Å². The van der Waals surface area contributed by atoms with Gasteiger partial charge < -0.3 is 5.32 Å². The van der Waals surface area contributed by atoms with E-state index in [2.05, 4.69) is 55.0 Å². The molecule has 0 radical (unpaired) electrons. The van der Waals surface area contributed by atoms with Gasteiger partial charge in [-0.2, -0.15) is 5.10 Å². The largest absolute Gasteiger partial charge is 0.311 e. The van der Waals surface area contributed by atoms with Crippen molar-refractivity contribution in [3.05, 3.63) is 30.0 Å². The van der Waals surface area contributed by atoms with Crippen LogP contribution in [-0.4, -0.2) is 16.3 Å². The van der Waals surface area contributed by atoms with Gasteiger partial charge >= 0.3 is 0 Å². The summed E-state index contributed by atoms with van der Waals surface area (Å²) in [5.41, 5.74) is 2.42. The molecule has 3 heteroatoms. The lowest BCUT2D eigenvalue weighted by molar-refractivity contribution is 0.417. The highest BCUT2D eigenvalue weighted by atomic mass is 15.3. The first kappa shape index (κ1) is 16.0. The molecule has 0 amide bonds. The Bertz CT molecular complexity index is 544. The lowest BCUT2D eigenvalue weighted by atomic mass is 9.99. The van der Waals surface area contributed by atoms with E-state index in [1.165, 1.54) is 42.3 Å². The van der Waals surface area contributed by atoms with Crippen LogP contribution in [0.2, 0.25) is 0 Å². The van der Waals surface area contributed by atoms with Crippen LogP contribution in [0.5, 0.6) is 0 Å². The van der Waals surface area contributed by atoms with Gasteiger partial charge in [0.2, 0.25) is 0 Å². The van der Waals surface area contributed by atoms with Crippen LogP contribution in [0, 0.1) is 5.92 Å². The maximum atomic E-state index is 4.75. The number of rotatable bonds is 9. The van der Waals surface area contributed by atoms with Gasteiger partial charge in [-0.1, -0.05) is 51.3 Å². The topological polar surface area (TPSA) is 29.9 Å². The Morgan fingerprint density at radius 3 is 2.71 bits per heavy atom. The molecular formula is C18H29N3. The molecule has 0 aliphatic heterocycles. The third-order valence-corrected chi connectivity index (χ3v) is 4.30. The molecule has 1 aromatic heterocycles. The first-order valence-corrected chi connectivity index (χ1v) is 8.45. The van der Waals surface area contributed by atoms with E-state index in [1.54, 1.807) is 0 Å². The molecule has 2 rings (SSSR count). The van der Waals surface area contributed by atoms with Crippen molar-refractivity contribution in [3.63, 3.8) is 0 Å². The average Bonchev–Trinajstić information content (AvgIpc) is 2.89. The zero-order chi connectivity index (χ0) is 15.1. The van der Waals surface area contributed by atoms with Crippen molar-refractivity contribution in [1.29, 1.82) is 0 Å². The summed E-state index contributed by atoms with van der Waals surface area (Å²) in [4.78, 5) is 0. The van der Waals surface area contributed by atoms with Gasteiger partial charge in [0.1, 0.15) is 0 Å². The zero-order valence-corrected chi connectivity index (χ0v) is 13.7. The number of aromatic nitrogens is 2. The fourth-order valence-corrected chi connectivity index (χ4v) is 2.91. The summed E-state index contributed by atoms with van der Waals surface area (Å²) in [6, 6.07) is 8.53. The number of benzene rings is 1. The minimum absolute atomic E-state index is 0.796. The first-order valence-electron chi connectivity index (χ1n) is 8.45. The molecule has 0 saturated carbocycles. The van der Waals surface area contributed by atoms with E-state index in [4.69, 9.17) is 5.10 Å². The second-order valence-electron chi connectivity index (χ2n) is 5.83. The fraction of sp³-hybridized carbons (Fsp3) is 0.611. The van der Waals surface area contributed by atoms with Crippen LogP contribution < -0.4 is 5.32 Å². The number of hydrogen-bond acceptors (Lipinski definition) is 2. The maximum absolute atomic E-state index is 4.75. The summed E-state index contributed by atoms with van der Waals surface area (Å²) >= 11 is 0. The molecule has 1 aromatic carbocycles. The molecule has 0 fully saturated rings. The van der Waals surface area contributed by atoms with Crippen molar-refractivity contribution < 1.29 is 0 Å². The molecule has 116 valence electrons. The van der Waals surface area contributed by atoms with Crippen LogP contribution in [-0.2, 0) is 13.1 Å². The molecule has 1 heterocycles. The quantitative estimate of drug-likeness (QED) is 0.742. The van der Waals surface area contributed by atoms with Crippen molar-refractivity contribution in [2.75, 3.05) is 6.54 Å². The average molecular weight is 287 g/mol. The highest BCUT2D eigenvalue weighted by molar-refractivity contribution is 5.81. The predicted octanol–water partition coefficient (Wildman–Crippen LogP) is 4.36. The second-order valence-corrected chi connectivity index (χ2v) is 5.83. The van der Waals surface area contributed by atoms with Gasteiger partial charge in [0.15, 0.2) is 0 Å². The van der Waals surface area contributed by atoms with Gasteiger partial charge in [0, 0.05) is 18.5 Å². The molecule has 0 saturated heterocycles. The highest BCUT2D eigenvalue weighted by Gasteiger charge is 2.10. The number of fused-ring (bicyclic) bond motifs is 1. The summed E-state index contributed by atoms with van der Waals surface area (Å²) in [7, 11) is 0. The molecule has 0 aliphatic carbocycles. The Morgan fingerprint density at radius 1 is 1.19 bits per heavy atom. The number of aryl methyl sites for hydroxylation is 1. The number of hydrogen-bond donors (Lipinski definition) is 1. The van der Waals surface area contributed by atoms with Gasteiger partial charge in [-0.05, 0) is 31.9 Å². The smallest absolute Gasteiger partial charge is 0.0841 e. The van der Waals surface area contributed by atoms with E-state index in [9.17, 15) is 0 Å². The predicted molar refractivity (Wildman–Crippen MR) is 90.4 cm³/mol. The minimum Gasteiger partial charge on any atom is -0.311 e. The Labute approximate surface area is 128 Å². The number of para-hydroxylation sites is 1. The molecule has 1 unspecified atom stereocenters. The van der Waals surface area contributed by atoms with Crippen LogP contribution in [0.25, 0.3) is 10.9 Å². The van der Waals surface area contributed by atoms with Crippen LogP contribution in [0.3, 0.4) is 0 Å². The van der Waals surface area contributed by atoms with Crippen molar-refractivity contribution in [2.24, 2.45) is 5.92 Å². The van der Waals surface area contributed by atoms with E-state index in [0.717, 1.165) is 25.6 Å². The van der Waals surface area contributed by atoms with Gasteiger partial charge in [0.05, 0.1) is 11.2 Å². The molecule has 1 atom stereocenters. The summed E-state index contributed by atoms with van der Waals surface area (Å²) in [5.74, 6) is 0.796. The molecule has 0 aliphatic rings. The maximum Gasteiger partial charge on any atom is 0.0841 e. The summed E-state index contributed by atoms with van der Waals surface area (Å²) in [5, 5.41) is 9.65. The SMILES string of the molecule is CCCCC(CC)CNCc1nn(CC)c2ccccc12. The number of nitrogens with one attached hydrogen (secondary N) is 1. The minimum atomic E-state index is 0.796. The Morgan fingerprint density at radius 2 is 2.00 bits per heavy atom. The molecule has 0 spiro atoms. The van der Waals surface area contributed by atoms with Crippen LogP contribution in [0.1, 0.15) is 52.1 Å². The van der Waals surface area contributed by atoms with Crippen molar-refractivity contribution in [2.45, 2.75) is 59.5 Å². The molecule has 3 nitrogen and oxygen atoms in total. The van der Waals surface area contributed by atoms with Crippen LogP contribution in [0.15, 0.2) is 24.3 Å². The molecule has 21 heavy (non-hydrogen) atoms. The molecule has 1 N–H and O–H groups in total. The number of nitrogens with zero attached hydrogens (tertiary/aromatic N) is 2. The molecular weight excluding hydrogens is 258 g/mol. The zero-order valence-electron chi connectivity index (χ0n) is 13.7. The van der Waals surface area contributed by atoms with E-state index in [-0.39, 0.29) is 0 Å². The van der Waals surface area contributed by atoms with Crippen molar-refractivity contribution in [1.82, 2.24) is 15.1 Å². The van der Waals surface area contributed by atoms with Crippen molar-refractivity contribution in [3.8, 4) is 0 Å². The van der Waals surface area contributed by atoms with Gasteiger partial charge in [0.25, 0.3) is 0 Å². The molecule has 0 bridgehead atoms. The first-order chi connectivity index (χ1) is 10.3. The summed E-state index contributed by atoms with van der Waals surface area (Å²) in [6.07, 6.45) is 5.23. The molecule has 2 aromatic rings. The van der Waals surface area contributed by atoms with Gasteiger partial charge in [-0.25, -0.2) is 0 Å². The normalized spacial score (nSPS) is 12.9. The summed E-state index contributed by atoms with van der Waals surface area (Å²) < 4.78 is 2.10. The highest BCUT2D eigenvalue weighted by Crippen LogP contribution is 2.18. The van der Waals surface area contributed by atoms with E-state index < -0.39 is 0 Å². The second kappa shape index (κ2) is 8.18. The van der Waals surface area contributed by atoms with Crippen LogP contribution >= 0.6 is 0 Å². The Kier molecular flexibility index (Phi) is 6.24. The lowest BCUT2D eigenvalue weighted by Crippen LogP contribution is -2.22. The standard InChI is InChI=1S/C18H29N3/c1-4-7-10-15(5-2)13-19-14-17-16-11-8-9-12-18(16)21(6-3)20-17/h8-9,11-12,15,19H,4-7,10,13-14H2,1-3H3. The fourth-order valence-electron chi connectivity index (χ4n) is 2.91. The van der Waals surface area contributed by atoms with E-state index in [0.29, 0.717) is 0 Å². The van der Waals surface area contributed by atoms with Crippen LogP contribution in [0.4, 0.5) is 0 Å². The lowest BCUT2D eigenvalue weighted by Gasteiger charge is -2.14. The van der Waals surface area contributed by atoms with Crippen molar-refractivity contribution >= 4 is 10.9 Å². The number of unbranched alkanes of at least 4 members (excludes halogenated alkanes) is 1.